The molecule has 0 unspecified atom stereocenters. The third-order valence-electron chi connectivity index (χ3n) is 3.50. The molecule has 0 fully saturated rings. The molecule has 0 bridgehead atoms. The molecular weight excluding hydrogens is 338 g/mol. The van der Waals surface area contributed by atoms with Gasteiger partial charge in [0, 0.05) is 23.6 Å². The molecule has 5 nitrogen and oxygen atoms in total. The van der Waals surface area contributed by atoms with E-state index >= 15 is 0 Å². The maximum Gasteiger partial charge on any atom is 0.240 e. The van der Waals surface area contributed by atoms with E-state index in [-0.39, 0.29) is 24.7 Å². The van der Waals surface area contributed by atoms with Gasteiger partial charge in [-0.3, -0.25) is 9.59 Å². The number of benzene rings is 2. The molecule has 25 heavy (non-hydrogen) atoms. The fourth-order valence-corrected chi connectivity index (χ4v) is 2.18. The molecule has 6 heteroatoms. The molecule has 2 rings (SSSR count). The maximum atomic E-state index is 11.9. The van der Waals surface area contributed by atoms with Gasteiger partial charge in [-0.2, -0.15) is 5.10 Å². The molecule has 0 aromatic heterocycles. The molecule has 0 atom stereocenters. The van der Waals surface area contributed by atoms with Crippen LogP contribution in [0.5, 0.6) is 0 Å². The van der Waals surface area contributed by atoms with Crippen molar-refractivity contribution in [2.24, 2.45) is 5.10 Å². The van der Waals surface area contributed by atoms with Gasteiger partial charge in [0.05, 0.1) is 6.21 Å². The van der Waals surface area contributed by atoms with E-state index in [0.717, 1.165) is 17.7 Å². The molecule has 0 aliphatic rings. The Morgan fingerprint density at radius 3 is 2.28 bits per heavy atom. The van der Waals surface area contributed by atoms with Crippen LogP contribution in [0.25, 0.3) is 0 Å². The highest BCUT2D eigenvalue weighted by Gasteiger charge is 2.06. The fraction of sp³-hybridized carbons (Fsp3) is 0.211. The van der Waals surface area contributed by atoms with E-state index < -0.39 is 0 Å². The first-order valence-corrected chi connectivity index (χ1v) is 8.41. The van der Waals surface area contributed by atoms with E-state index in [1.54, 1.807) is 24.3 Å². The Balaban J connectivity index is 1.71. The zero-order chi connectivity index (χ0) is 18.1. The van der Waals surface area contributed by atoms with Gasteiger partial charge < -0.3 is 5.32 Å². The number of halogens is 1. The summed E-state index contributed by atoms with van der Waals surface area (Å²) in [4.78, 5) is 23.6. The van der Waals surface area contributed by atoms with Crippen LogP contribution in [0.1, 0.15) is 30.9 Å². The van der Waals surface area contributed by atoms with Gasteiger partial charge in [-0.1, -0.05) is 42.8 Å². The first kappa shape index (κ1) is 18.7. The summed E-state index contributed by atoms with van der Waals surface area (Å²) in [6.45, 7) is 2.07. The summed E-state index contributed by atoms with van der Waals surface area (Å²) in [5.41, 5.74) is 5.15. The molecule has 0 aliphatic carbocycles. The predicted molar refractivity (Wildman–Crippen MR) is 101 cm³/mol. The average Bonchev–Trinajstić information content (AvgIpc) is 2.62. The largest absolute Gasteiger partial charge is 0.326 e. The molecule has 0 radical (unpaired) electrons. The third kappa shape index (κ3) is 6.77. The highest BCUT2D eigenvalue weighted by Crippen LogP contribution is 2.10. The van der Waals surface area contributed by atoms with E-state index in [2.05, 4.69) is 22.8 Å². The fourth-order valence-electron chi connectivity index (χ4n) is 2.06. The first-order valence-electron chi connectivity index (χ1n) is 8.03. The Morgan fingerprint density at radius 1 is 1.00 bits per heavy atom. The predicted octanol–water partition coefficient (Wildman–Crippen LogP) is 3.77. The van der Waals surface area contributed by atoms with Crippen LogP contribution in [-0.2, 0) is 16.0 Å². The summed E-state index contributed by atoms with van der Waals surface area (Å²) < 4.78 is 0. The van der Waals surface area contributed by atoms with Gasteiger partial charge >= 0.3 is 0 Å². The maximum absolute atomic E-state index is 11.9. The Bertz CT molecular complexity index is 740. The minimum atomic E-state index is -0.318. The smallest absolute Gasteiger partial charge is 0.240 e. The number of anilines is 1. The molecule has 0 heterocycles. The molecule has 2 amide bonds. The van der Waals surface area contributed by atoms with Crippen LogP contribution in [0.4, 0.5) is 5.69 Å². The van der Waals surface area contributed by atoms with Crippen LogP contribution in [-0.4, -0.2) is 18.0 Å². The summed E-state index contributed by atoms with van der Waals surface area (Å²) in [6.07, 6.45) is 2.63. The number of amides is 2. The van der Waals surface area contributed by atoms with Gasteiger partial charge in [0.1, 0.15) is 0 Å². The lowest BCUT2D eigenvalue weighted by atomic mass is 10.1. The summed E-state index contributed by atoms with van der Waals surface area (Å²) in [5.74, 6) is -0.525. The van der Waals surface area contributed by atoms with E-state index in [1.165, 1.54) is 11.8 Å². The quantitative estimate of drug-likeness (QED) is 0.585. The van der Waals surface area contributed by atoms with Crippen molar-refractivity contribution in [2.45, 2.75) is 26.2 Å². The normalized spacial score (nSPS) is 10.6. The number of hydrogen-bond donors (Lipinski definition) is 2. The number of nitrogens with zero attached hydrogens (tertiary/aromatic N) is 1. The van der Waals surface area contributed by atoms with Crippen molar-refractivity contribution < 1.29 is 9.59 Å². The van der Waals surface area contributed by atoms with Gasteiger partial charge in [0.15, 0.2) is 0 Å². The molecule has 2 N–H and O–H groups in total. The number of hydrazone groups is 1. The Morgan fingerprint density at radius 2 is 1.64 bits per heavy atom. The van der Waals surface area contributed by atoms with Crippen LogP contribution in [0.15, 0.2) is 53.6 Å². The van der Waals surface area contributed by atoms with Crippen molar-refractivity contribution in [1.29, 1.82) is 0 Å². The zero-order valence-corrected chi connectivity index (χ0v) is 14.7. The average molecular weight is 358 g/mol. The van der Waals surface area contributed by atoms with Crippen molar-refractivity contribution >= 4 is 35.3 Å². The van der Waals surface area contributed by atoms with Crippen LogP contribution in [0.3, 0.4) is 0 Å². The van der Waals surface area contributed by atoms with Crippen molar-refractivity contribution in [2.75, 3.05) is 5.32 Å². The number of carbonyl (C=O) groups is 2. The lowest BCUT2D eigenvalue weighted by Crippen LogP contribution is -2.20. The SMILES string of the molecule is CCc1ccc(NC(=O)CCC(=O)N/N=C\c2ccc(Cl)cc2)cc1. The minimum absolute atomic E-state index is 0.0663. The summed E-state index contributed by atoms with van der Waals surface area (Å²) in [6, 6.07) is 14.7. The lowest BCUT2D eigenvalue weighted by molar-refractivity contribution is -0.124. The van der Waals surface area contributed by atoms with Gasteiger partial charge in [-0.05, 0) is 41.8 Å². The number of nitrogens with one attached hydrogen (secondary N) is 2. The summed E-state index contributed by atoms with van der Waals surface area (Å²) in [5, 5.41) is 7.25. The molecular formula is C19H20ClN3O2. The Labute approximate surface area is 152 Å². The molecule has 2 aromatic carbocycles. The van der Waals surface area contributed by atoms with Crippen LogP contribution < -0.4 is 10.7 Å². The van der Waals surface area contributed by atoms with Gasteiger partial charge in [-0.25, -0.2) is 5.43 Å². The molecule has 0 spiro atoms. The van der Waals surface area contributed by atoms with Gasteiger partial charge in [0.2, 0.25) is 11.8 Å². The first-order chi connectivity index (χ1) is 12.1. The van der Waals surface area contributed by atoms with Crippen LogP contribution >= 0.6 is 11.6 Å². The third-order valence-corrected chi connectivity index (χ3v) is 3.75. The van der Waals surface area contributed by atoms with E-state index in [1.807, 2.05) is 24.3 Å². The van der Waals surface area contributed by atoms with E-state index in [4.69, 9.17) is 11.6 Å². The van der Waals surface area contributed by atoms with Crippen molar-refractivity contribution in [1.82, 2.24) is 5.43 Å². The molecule has 0 aliphatic heterocycles. The monoisotopic (exact) mass is 357 g/mol. The second kappa shape index (κ2) is 9.59. The van der Waals surface area contributed by atoms with Crippen LogP contribution in [0.2, 0.25) is 5.02 Å². The molecule has 130 valence electrons. The summed E-state index contributed by atoms with van der Waals surface area (Å²) >= 11 is 5.79. The van der Waals surface area contributed by atoms with Crippen LogP contribution in [0, 0.1) is 0 Å². The molecule has 0 saturated heterocycles. The standard InChI is InChI=1S/C19H20ClN3O2/c1-2-14-5-9-17(10-6-14)22-18(24)11-12-19(25)23-21-13-15-3-7-16(20)8-4-15/h3-10,13H,2,11-12H2,1H3,(H,22,24)(H,23,25)/b21-13-. The summed E-state index contributed by atoms with van der Waals surface area (Å²) in [7, 11) is 0. The van der Waals surface area contributed by atoms with Gasteiger partial charge in [-0.15, -0.1) is 0 Å². The van der Waals surface area contributed by atoms with Crippen molar-refractivity contribution in [3.63, 3.8) is 0 Å². The minimum Gasteiger partial charge on any atom is -0.326 e. The highest BCUT2D eigenvalue weighted by atomic mass is 35.5. The second-order valence-electron chi connectivity index (χ2n) is 5.44. The Hall–Kier alpha value is -2.66. The lowest BCUT2D eigenvalue weighted by Gasteiger charge is -2.05. The molecule has 2 aromatic rings. The van der Waals surface area contributed by atoms with E-state index in [0.29, 0.717) is 5.02 Å². The molecule has 0 saturated carbocycles. The number of hydrogen-bond acceptors (Lipinski definition) is 3. The van der Waals surface area contributed by atoms with Crippen molar-refractivity contribution in [3.05, 3.63) is 64.7 Å². The zero-order valence-electron chi connectivity index (χ0n) is 14.0. The highest BCUT2D eigenvalue weighted by molar-refractivity contribution is 6.30. The number of rotatable bonds is 7. The number of carbonyl (C=O) groups excluding carboxylic acids is 2. The second-order valence-corrected chi connectivity index (χ2v) is 5.88. The van der Waals surface area contributed by atoms with E-state index in [9.17, 15) is 9.59 Å². The topological polar surface area (TPSA) is 70.6 Å². The van der Waals surface area contributed by atoms with Gasteiger partial charge in [0.25, 0.3) is 0 Å². The number of aryl methyl sites for hydroxylation is 1. The Kier molecular flexibility index (Phi) is 7.16. The van der Waals surface area contributed by atoms with Crippen molar-refractivity contribution in [3.8, 4) is 0 Å².